The molecule has 1 unspecified atom stereocenters. The lowest BCUT2D eigenvalue weighted by Crippen LogP contribution is -2.51. The number of hydrogen-bond donors (Lipinski definition) is 2. The normalized spacial score (nSPS) is 22.0. The van der Waals surface area contributed by atoms with Crippen molar-refractivity contribution >= 4 is 17.7 Å². The summed E-state index contributed by atoms with van der Waals surface area (Å²) in [5.74, 6) is -0.652. The lowest BCUT2D eigenvalue weighted by atomic mass is 10.1. The molecule has 2 amide bonds. The maximum absolute atomic E-state index is 12.4. The van der Waals surface area contributed by atoms with Gasteiger partial charge in [0.25, 0.3) is 0 Å². The van der Waals surface area contributed by atoms with E-state index in [4.69, 9.17) is 9.84 Å². The molecule has 0 saturated heterocycles. The number of hydrogen-bond acceptors (Lipinski definition) is 3. The summed E-state index contributed by atoms with van der Waals surface area (Å²) in [6.45, 7) is 2.75. The van der Waals surface area contributed by atoms with E-state index in [1.165, 1.54) is 4.90 Å². The van der Waals surface area contributed by atoms with Gasteiger partial charge in [0.1, 0.15) is 5.75 Å². The van der Waals surface area contributed by atoms with Crippen LogP contribution in [0.1, 0.15) is 19.8 Å². The molecule has 3 rings (SSSR count). The molecule has 2 aliphatic rings. The highest BCUT2D eigenvalue weighted by atomic mass is 16.5. The zero-order valence-electron chi connectivity index (χ0n) is 11.8. The lowest BCUT2D eigenvalue weighted by molar-refractivity contribution is -0.144. The summed E-state index contributed by atoms with van der Waals surface area (Å²) < 4.78 is 5.41. The molecule has 0 bridgehead atoms. The molecule has 6 nitrogen and oxygen atoms in total. The molecular formula is C15H18N2O4. The quantitative estimate of drug-likeness (QED) is 0.890. The summed E-state index contributed by atoms with van der Waals surface area (Å²) in [6, 6.07) is 6.71. The first-order chi connectivity index (χ1) is 9.98. The van der Waals surface area contributed by atoms with E-state index in [0.29, 0.717) is 18.0 Å². The molecule has 0 spiro atoms. The summed E-state index contributed by atoms with van der Waals surface area (Å²) in [5, 5.41) is 12.0. The van der Waals surface area contributed by atoms with E-state index in [1.54, 1.807) is 24.3 Å². The van der Waals surface area contributed by atoms with Gasteiger partial charge in [-0.15, -0.1) is 0 Å². The fraction of sp³-hybridized carbons (Fsp3) is 0.467. The number of ether oxygens (including phenoxy) is 1. The average molecular weight is 290 g/mol. The van der Waals surface area contributed by atoms with Gasteiger partial charge >= 0.3 is 12.0 Å². The Kier molecular flexibility index (Phi) is 3.23. The Morgan fingerprint density at radius 3 is 2.81 bits per heavy atom. The Hall–Kier alpha value is -2.24. The van der Waals surface area contributed by atoms with Gasteiger partial charge in [0.05, 0.1) is 12.2 Å². The second-order valence-electron chi connectivity index (χ2n) is 5.99. The van der Waals surface area contributed by atoms with Crippen LogP contribution in [-0.4, -0.2) is 36.3 Å². The number of para-hydroxylation sites is 2. The van der Waals surface area contributed by atoms with E-state index in [0.717, 1.165) is 12.8 Å². The Labute approximate surface area is 122 Å². The number of fused-ring (bicyclic) bond motifs is 1. The van der Waals surface area contributed by atoms with E-state index in [9.17, 15) is 9.59 Å². The minimum Gasteiger partial charge on any atom is -0.478 e. The molecule has 1 aliphatic carbocycles. The van der Waals surface area contributed by atoms with Crippen LogP contribution >= 0.6 is 0 Å². The maximum atomic E-state index is 12.4. The summed E-state index contributed by atoms with van der Waals surface area (Å²) in [5.41, 5.74) is 0.807. The van der Waals surface area contributed by atoms with Crippen LogP contribution in [0, 0.1) is 5.41 Å². The van der Waals surface area contributed by atoms with Crippen molar-refractivity contribution in [1.82, 2.24) is 5.32 Å². The standard InChI is InChI=1S/C15H18N2O4/c1-15(6-7-15)9-16-14(20)17-8-12(13(18)19)21-11-5-3-2-4-10(11)17/h2-5,12H,6-9H2,1H3,(H,16,20)(H,18,19). The largest absolute Gasteiger partial charge is 0.478 e. The molecule has 0 radical (unpaired) electrons. The Bertz CT molecular complexity index is 583. The summed E-state index contributed by atoms with van der Waals surface area (Å²) in [7, 11) is 0. The third-order valence-corrected chi connectivity index (χ3v) is 4.06. The molecule has 1 aromatic carbocycles. The number of urea groups is 1. The molecule has 0 aromatic heterocycles. The monoisotopic (exact) mass is 290 g/mol. The second kappa shape index (κ2) is 4.95. The molecular weight excluding hydrogens is 272 g/mol. The van der Waals surface area contributed by atoms with Gasteiger partial charge in [-0.2, -0.15) is 0 Å². The fourth-order valence-corrected chi connectivity index (χ4v) is 2.33. The van der Waals surface area contributed by atoms with E-state index < -0.39 is 12.1 Å². The summed E-state index contributed by atoms with van der Waals surface area (Å²) in [4.78, 5) is 25.0. The predicted molar refractivity (Wildman–Crippen MR) is 76.6 cm³/mol. The third-order valence-electron chi connectivity index (χ3n) is 4.06. The minimum absolute atomic E-state index is 0.00882. The van der Waals surface area contributed by atoms with Crippen molar-refractivity contribution in [3.8, 4) is 5.75 Å². The van der Waals surface area contributed by atoms with E-state index in [2.05, 4.69) is 12.2 Å². The fourth-order valence-electron chi connectivity index (χ4n) is 2.33. The van der Waals surface area contributed by atoms with Gasteiger partial charge in [-0.1, -0.05) is 19.1 Å². The average Bonchev–Trinajstić information content (AvgIpc) is 3.21. The van der Waals surface area contributed by atoms with Crippen LogP contribution < -0.4 is 15.0 Å². The van der Waals surface area contributed by atoms with Crippen LogP contribution in [0.2, 0.25) is 0 Å². The molecule has 1 aromatic rings. The number of aliphatic carboxylic acids is 1. The number of anilines is 1. The lowest BCUT2D eigenvalue weighted by Gasteiger charge is -2.33. The van der Waals surface area contributed by atoms with E-state index in [1.807, 2.05) is 0 Å². The molecule has 1 aliphatic heterocycles. The van der Waals surface area contributed by atoms with Crippen molar-refractivity contribution in [3.05, 3.63) is 24.3 Å². The summed E-state index contributed by atoms with van der Waals surface area (Å²) >= 11 is 0. The van der Waals surface area contributed by atoms with Crippen LogP contribution in [0.25, 0.3) is 0 Å². The molecule has 1 heterocycles. The van der Waals surface area contributed by atoms with Crippen LogP contribution in [0.4, 0.5) is 10.5 Å². The number of amides is 2. The molecule has 112 valence electrons. The number of benzene rings is 1. The SMILES string of the molecule is CC1(CNC(=O)N2CC(C(=O)O)Oc3ccccc32)CC1. The topological polar surface area (TPSA) is 78.9 Å². The minimum atomic E-state index is -1.07. The van der Waals surface area contributed by atoms with Gasteiger partial charge in [0, 0.05) is 6.54 Å². The van der Waals surface area contributed by atoms with E-state index in [-0.39, 0.29) is 18.0 Å². The third kappa shape index (κ3) is 2.79. The number of carbonyl (C=O) groups is 2. The van der Waals surface area contributed by atoms with Crippen molar-refractivity contribution in [3.63, 3.8) is 0 Å². The van der Waals surface area contributed by atoms with Crippen LogP contribution in [-0.2, 0) is 4.79 Å². The number of nitrogens with one attached hydrogen (secondary N) is 1. The smallest absolute Gasteiger partial charge is 0.346 e. The van der Waals surface area contributed by atoms with Gasteiger partial charge in [-0.3, -0.25) is 4.90 Å². The highest BCUT2D eigenvalue weighted by molar-refractivity contribution is 5.95. The second-order valence-corrected chi connectivity index (χ2v) is 5.99. The molecule has 6 heteroatoms. The molecule has 1 atom stereocenters. The number of rotatable bonds is 3. The van der Waals surface area contributed by atoms with Crippen molar-refractivity contribution in [2.75, 3.05) is 18.0 Å². The van der Waals surface area contributed by atoms with Crippen molar-refractivity contribution in [2.45, 2.75) is 25.9 Å². The Morgan fingerprint density at radius 1 is 1.43 bits per heavy atom. The first-order valence-corrected chi connectivity index (χ1v) is 7.02. The van der Waals surface area contributed by atoms with Crippen molar-refractivity contribution in [1.29, 1.82) is 0 Å². The Morgan fingerprint density at radius 2 is 2.14 bits per heavy atom. The number of carboxylic acid groups (broad SMARTS) is 1. The molecule has 1 fully saturated rings. The number of nitrogens with zero attached hydrogens (tertiary/aromatic N) is 1. The Balaban J connectivity index is 1.78. The highest BCUT2D eigenvalue weighted by Crippen LogP contribution is 2.44. The van der Waals surface area contributed by atoms with Crippen LogP contribution in [0.5, 0.6) is 5.75 Å². The van der Waals surface area contributed by atoms with Gasteiger partial charge in [-0.25, -0.2) is 9.59 Å². The van der Waals surface area contributed by atoms with Gasteiger partial charge < -0.3 is 15.2 Å². The van der Waals surface area contributed by atoms with Crippen LogP contribution in [0.3, 0.4) is 0 Å². The first kappa shape index (κ1) is 13.7. The number of carbonyl (C=O) groups excluding carboxylic acids is 1. The van der Waals surface area contributed by atoms with Gasteiger partial charge in [-0.05, 0) is 30.4 Å². The highest BCUT2D eigenvalue weighted by Gasteiger charge is 2.39. The van der Waals surface area contributed by atoms with Gasteiger partial charge in [0.2, 0.25) is 6.10 Å². The zero-order chi connectivity index (χ0) is 15.0. The molecule has 21 heavy (non-hydrogen) atoms. The molecule has 2 N–H and O–H groups in total. The van der Waals surface area contributed by atoms with Crippen molar-refractivity contribution in [2.24, 2.45) is 5.41 Å². The first-order valence-electron chi connectivity index (χ1n) is 7.02. The predicted octanol–water partition coefficient (Wildman–Crippen LogP) is 1.85. The zero-order valence-corrected chi connectivity index (χ0v) is 11.8. The molecule has 1 saturated carbocycles. The maximum Gasteiger partial charge on any atom is 0.346 e. The summed E-state index contributed by atoms with van der Waals surface area (Å²) in [6.07, 6.45) is 1.19. The number of carboxylic acids is 1. The van der Waals surface area contributed by atoms with E-state index >= 15 is 0 Å². The van der Waals surface area contributed by atoms with Crippen molar-refractivity contribution < 1.29 is 19.4 Å². The van der Waals surface area contributed by atoms with Gasteiger partial charge in [0.15, 0.2) is 0 Å². The van der Waals surface area contributed by atoms with Crippen LogP contribution in [0.15, 0.2) is 24.3 Å².